The van der Waals surface area contributed by atoms with Crippen LogP contribution in [0.3, 0.4) is 0 Å². The molecule has 0 radical (unpaired) electrons. The van der Waals surface area contributed by atoms with Gasteiger partial charge in [0.2, 0.25) is 0 Å². The summed E-state index contributed by atoms with van der Waals surface area (Å²) in [5.74, 6) is 1.38. The van der Waals surface area contributed by atoms with Crippen LogP contribution in [0.25, 0.3) is 0 Å². The van der Waals surface area contributed by atoms with E-state index in [0.29, 0.717) is 46.3 Å². The second-order valence-electron chi connectivity index (χ2n) is 6.92. The SMILES string of the molecule is CCOc1cc(CNCCc2ccc(Cl)cc2Cl)cc(Br)c1OCc1cccc(Cl)c1. The Labute approximate surface area is 206 Å². The van der Waals surface area contributed by atoms with Crippen LogP contribution in [-0.4, -0.2) is 13.2 Å². The molecular weight excluding hydrogens is 521 g/mol. The first-order valence-electron chi connectivity index (χ1n) is 9.93. The molecule has 0 atom stereocenters. The van der Waals surface area contributed by atoms with Crippen LogP contribution in [0.4, 0.5) is 0 Å². The summed E-state index contributed by atoms with van der Waals surface area (Å²) in [7, 11) is 0. The molecule has 164 valence electrons. The van der Waals surface area contributed by atoms with Crippen LogP contribution in [0, 0.1) is 0 Å². The summed E-state index contributed by atoms with van der Waals surface area (Å²) in [4.78, 5) is 0. The molecule has 0 aliphatic rings. The molecule has 0 aliphatic carbocycles. The fourth-order valence-electron chi connectivity index (χ4n) is 3.09. The lowest BCUT2D eigenvalue weighted by Gasteiger charge is -2.16. The summed E-state index contributed by atoms with van der Waals surface area (Å²) in [6, 6.07) is 17.2. The molecule has 0 bridgehead atoms. The van der Waals surface area contributed by atoms with Gasteiger partial charge < -0.3 is 14.8 Å². The lowest BCUT2D eigenvalue weighted by atomic mass is 10.1. The average Bonchev–Trinajstić information content (AvgIpc) is 2.72. The Balaban J connectivity index is 1.62. The molecule has 31 heavy (non-hydrogen) atoms. The maximum atomic E-state index is 6.25. The number of hydrogen-bond acceptors (Lipinski definition) is 3. The Hall–Kier alpha value is -1.43. The molecule has 0 aliphatic heterocycles. The number of ether oxygens (including phenoxy) is 2. The zero-order valence-corrected chi connectivity index (χ0v) is 20.9. The first-order valence-corrected chi connectivity index (χ1v) is 11.9. The van der Waals surface area contributed by atoms with Crippen LogP contribution in [0.5, 0.6) is 11.5 Å². The van der Waals surface area contributed by atoms with Crippen molar-refractivity contribution in [1.29, 1.82) is 0 Å². The van der Waals surface area contributed by atoms with Gasteiger partial charge in [-0.2, -0.15) is 0 Å². The topological polar surface area (TPSA) is 30.5 Å². The number of halogens is 4. The van der Waals surface area contributed by atoms with Gasteiger partial charge in [0.1, 0.15) is 6.61 Å². The van der Waals surface area contributed by atoms with Gasteiger partial charge in [-0.25, -0.2) is 0 Å². The maximum Gasteiger partial charge on any atom is 0.175 e. The Bertz CT molecular complexity index is 1030. The summed E-state index contributed by atoms with van der Waals surface area (Å²) in [5, 5.41) is 5.47. The molecule has 0 amide bonds. The molecule has 3 rings (SSSR count). The van der Waals surface area contributed by atoms with E-state index in [9.17, 15) is 0 Å². The molecule has 0 spiro atoms. The third-order valence-electron chi connectivity index (χ3n) is 4.56. The van der Waals surface area contributed by atoms with Crippen molar-refractivity contribution < 1.29 is 9.47 Å². The first kappa shape index (κ1) is 24.2. The van der Waals surface area contributed by atoms with Gasteiger partial charge in [-0.3, -0.25) is 0 Å². The Morgan fingerprint density at radius 2 is 1.71 bits per heavy atom. The van der Waals surface area contributed by atoms with Crippen molar-refractivity contribution in [1.82, 2.24) is 5.32 Å². The monoisotopic (exact) mass is 541 g/mol. The summed E-state index contributed by atoms with van der Waals surface area (Å²) in [5.41, 5.74) is 3.15. The van der Waals surface area contributed by atoms with Gasteiger partial charge in [0, 0.05) is 21.6 Å². The van der Waals surface area contributed by atoms with Crippen LogP contribution in [0.15, 0.2) is 59.1 Å². The molecular formula is C24H23BrCl3NO2. The molecule has 1 N–H and O–H groups in total. The van der Waals surface area contributed by atoms with E-state index < -0.39 is 0 Å². The van der Waals surface area contributed by atoms with Crippen LogP contribution < -0.4 is 14.8 Å². The summed E-state index contributed by atoms with van der Waals surface area (Å²) >= 11 is 21.9. The van der Waals surface area contributed by atoms with Crippen LogP contribution in [-0.2, 0) is 19.6 Å². The van der Waals surface area contributed by atoms with Crippen molar-refractivity contribution in [2.45, 2.75) is 26.5 Å². The van der Waals surface area contributed by atoms with Gasteiger partial charge in [0.05, 0.1) is 11.1 Å². The first-order chi connectivity index (χ1) is 15.0. The molecule has 3 aromatic rings. The predicted molar refractivity (Wildman–Crippen MR) is 133 cm³/mol. The minimum atomic E-state index is 0.401. The van der Waals surface area contributed by atoms with Crippen molar-refractivity contribution in [3.05, 3.63) is 90.8 Å². The van der Waals surface area contributed by atoms with Crippen molar-refractivity contribution in [2.75, 3.05) is 13.2 Å². The quantitative estimate of drug-likeness (QED) is 0.266. The number of rotatable bonds is 10. The molecule has 0 fully saturated rings. The summed E-state index contributed by atoms with van der Waals surface area (Å²) in [6.07, 6.45) is 0.816. The van der Waals surface area contributed by atoms with E-state index >= 15 is 0 Å². The van der Waals surface area contributed by atoms with E-state index in [1.54, 1.807) is 6.07 Å². The smallest absolute Gasteiger partial charge is 0.175 e. The molecule has 0 heterocycles. The van der Waals surface area contributed by atoms with Crippen molar-refractivity contribution >= 4 is 50.7 Å². The molecule has 0 saturated carbocycles. The highest BCUT2D eigenvalue weighted by molar-refractivity contribution is 9.10. The fraction of sp³-hybridized carbons (Fsp3) is 0.250. The van der Waals surface area contributed by atoms with Gasteiger partial charge in [0.15, 0.2) is 11.5 Å². The third-order valence-corrected chi connectivity index (χ3v) is 5.97. The molecule has 7 heteroatoms. The van der Waals surface area contributed by atoms with Crippen LogP contribution in [0.2, 0.25) is 15.1 Å². The Morgan fingerprint density at radius 3 is 2.45 bits per heavy atom. The second kappa shape index (κ2) is 12.0. The number of benzene rings is 3. The third kappa shape index (κ3) is 7.30. The van der Waals surface area contributed by atoms with Crippen molar-refractivity contribution in [3.8, 4) is 11.5 Å². The highest BCUT2D eigenvalue weighted by Crippen LogP contribution is 2.37. The Morgan fingerprint density at radius 1 is 0.903 bits per heavy atom. The highest BCUT2D eigenvalue weighted by atomic mass is 79.9. The largest absolute Gasteiger partial charge is 0.490 e. The zero-order chi connectivity index (χ0) is 22.2. The van der Waals surface area contributed by atoms with E-state index in [-0.39, 0.29) is 0 Å². The molecule has 3 nitrogen and oxygen atoms in total. The van der Waals surface area contributed by atoms with Gasteiger partial charge in [0.25, 0.3) is 0 Å². The van der Waals surface area contributed by atoms with Crippen LogP contribution >= 0.6 is 50.7 Å². The van der Waals surface area contributed by atoms with Gasteiger partial charge in [-0.1, -0.05) is 53.0 Å². The number of hydrogen-bond donors (Lipinski definition) is 1. The lowest BCUT2D eigenvalue weighted by Crippen LogP contribution is -2.17. The average molecular weight is 544 g/mol. The molecule has 0 saturated heterocycles. The van der Waals surface area contributed by atoms with E-state index in [2.05, 4.69) is 21.2 Å². The highest BCUT2D eigenvalue weighted by Gasteiger charge is 2.13. The van der Waals surface area contributed by atoms with Gasteiger partial charge in [-0.15, -0.1) is 0 Å². The minimum Gasteiger partial charge on any atom is -0.490 e. The van der Waals surface area contributed by atoms with Crippen molar-refractivity contribution in [2.24, 2.45) is 0 Å². The normalized spacial score (nSPS) is 10.9. The fourth-order valence-corrected chi connectivity index (χ4v) is 4.41. The molecule has 0 unspecified atom stereocenters. The van der Waals surface area contributed by atoms with E-state index in [1.807, 2.05) is 55.5 Å². The van der Waals surface area contributed by atoms with Gasteiger partial charge >= 0.3 is 0 Å². The molecule has 0 aromatic heterocycles. The molecule has 3 aromatic carbocycles. The van der Waals surface area contributed by atoms with Crippen LogP contribution in [0.1, 0.15) is 23.6 Å². The van der Waals surface area contributed by atoms with E-state index in [1.165, 1.54) is 0 Å². The Kier molecular flexibility index (Phi) is 9.36. The minimum absolute atomic E-state index is 0.401. The second-order valence-corrected chi connectivity index (χ2v) is 9.05. The zero-order valence-electron chi connectivity index (χ0n) is 17.1. The summed E-state index contributed by atoms with van der Waals surface area (Å²) in [6.45, 7) is 4.38. The predicted octanol–water partition coefficient (Wildman–Crippen LogP) is 7.72. The maximum absolute atomic E-state index is 6.25. The van der Waals surface area contributed by atoms with Gasteiger partial charge in [-0.05, 0) is 88.9 Å². The van der Waals surface area contributed by atoms with Crippen molar-refractivity contribution in [3.63, 3.8) is 0 Å². The number of nitrogens with one attached hydrogen (secondary N) is 1. The standard InChI is InChI=1S/C24H23BrCl3NO2/c1-2-30-23-12-17(14-29-9-8-18-6-7-20(27)13-22(18)28)11-21(25)24(23)31-15-16-4-3-5-19(26)10-16/h3-7,10-13,29H,2,8-9,14-15H2,1H3. The summed E-state index contributed by atoms with van der Waals surface area (Å²) < 4.78 is 12.7. The van der Waals surface area contributed by atoms with E-state index in [0.717, 1.165) is 34.1 Å². The lowest BCUT2D eigenvalue weighted by molar-refractivity contribution is 0.267. The van der Waals surface area contributed by atoms with E-state index in [4.69, 9.17) is 44.3 Å².